The summed E-state index contributed by atoms with van der Waals surface area (Å²) < 4.78 is 14.6. The number of carbonyl (C=O) groups excluding carboxylic acids is 1. The summed E-state index contributed by atoms with van der Waals surface area (Å²) in [4.78, 5) is 31.2. The molecule has 26 heavy (non-hydrogen) atoms. The first-order valence-corrected chi connectivity index (χ1v) is 9.09. The maximum Gasteiger partial charge on any atom is 0.261 e. The van der Waals surface area contributed by atoms with Crippen LogP contribution in [0.2, 0.25) is 0 Å². The minimum atomic E-state index is -0.497. The molecular weight excluding hydrogens is 335 g/mol. The molecule has 1 saturated heterocycles. The van der Waals surface area contributed by atoms with Crippen molar-refractivity contribution in [1.29, 1.82) is 0 Å². The molecule has 140 valence electrons. The SMILES string of the molecule is CC1CCCN(CC(C)NC(=O)Cn2cnc3ccc(F)cc3c2=O)C1. The minimum absolute atomic E-state index is 0.00522. The fourth-order valence-electron chi connectivity index (χ4n) is 3.60. The maximum atomic E-state index is 13.4. The first-order valence-electron chi connectivity index (χ1n) is 9.09. The van der Waals surface area contributed by atoms with Crippen molar-refractivity contribution in [3.63, 3.8) is 0 Å². The lowest BCUT2D eigenvalue weighted by atomic mass is 10.00. The zero-order chi connectivity index (χ0) is 18.7. The van der Waals surface area contributed by atoms with E-state index in [0.29, 0.717) is 11.4 Å². The number of carbonyl (C=O) groups is 1. The molecule has 0 saturated carbocycles. The number of rotatable bonds is 5. The number of likely N-dealkylation sites (tertiary alicyclic amines) is 1. The normalized spacial score (nSPS) is 19.4. The number of nitrogens with zero attached hydrogens (tertiary/aromatic N) is 3. The van der Waals surface area contributed by atoms with Gasteiger partial charge < -0.3 is 10.2 Å². The second-order valence-electron chi connectivity index (χ2n) is 7.31. The summed E-state index contributed by atoms with van der Waals surface area (Å²) in [5, 5.41) is 3.11. The van der Waals surface area contributed by atoms with E-state index in [4.69, 9.17) is 0 Å². The number of halogens is 1. The summed E-state index contributed by atoms with van der Waals surface area (Å²) in [6.45, 7) is 7.00. The van der Waals surface area contributed by atoms with E-state index in [1.807, 2.05) is 6.92 Å². The van der Waals surface area contributed by atoms with E-state index in [-0.39, 0.29) is 23.9 Å². The molecule has 0 radical (unpaired) electrons. The summed E-state index contributed by atoms with van der Waals surface area (Å²) in [7, 11) is 0. The molecule has 1 amide bonds. The molecule has 0 aliphatic carbocycles. The zero-order valence-corrected chi connectivity index (χ0v) is 15.2. The highest BCUT2D eigenvalue weighted by Gasteiger charge is 2.19. The Hall–Kier alpha value is -2.28. The molecule has 0 bridgehead atoms. The van der Waals surface area contributed by atoms with Gasteiger partial charge in [0.1, 0.15) is 12.4 Å². The molecule has 1 fully saturated rings. The molecule has 1 aliphatic rings. The van der Waals surface area contributed by atoms with Gasteiger partial charge in [0.15, 0.2) is 0 Å². The van der Waals surface area contributed by atoms with Crippen LogP contribution in [-0.4, -0.2) is 46.0 Å². The third-order valence-electron chi connectivity index (χ3n) is 4.78. The van der Waals surface area contributed by atoms with Crippen molar-refractivity contribution in [2.45, 2.75) is 39.3 Å². The van der Waals surface area contributed by atoms with Gasteiger partial charge in [-0.1, -0.05) is 6.92 Å². The molecule has 2 heterocycles. The first-order chi connectivity index (χ1) is 12.4. The average Bonchev–Trinajstić information content (AvgIpc) is 2.57. The number of piperidine rings is 1. The number of nitrogens with one attached hydrogen (secondary N) is 1. The van der Waals surface area contributed by atoms with Gasteiger partial charge in [-0.05, 0) is 50.4 Å². The molecule has 1 aromatic carbocycles. The van der Waals surface area contributed by atoms with Crippen molar-refractivity contribution >= 4 is 16.8 Å². The molecule has 7 heteroatoms. The van der Waals surface area contributed by atoms with E-state index in [1.54, 1.807) is 0 Å². The predicted molar refractivity (Wildman–Crippen MR) is 98.4 cm³/mol. The number of hydrogen-bond acceptors (Lipinski definition) is 4. The summed E-state index contributed by atoms with van der Waals surface area (Å²) in [5.41, 5.74) is 0.00260. The largest absolute Gasteiger partial charge is 0.351 e. The summed E-state index contributed by atoms with van der Waals surface area (Å²) in [6, 6.07) is 3.86. The molecule has 2 aromatic rings. The van der Waals surface area contributed by atoms with E-state index in [9.17, 15) is 14.0 Å². The van der Waals surface area contributed by atoms with Crippen molar-refractivity contribution in [2.24, 2.45) is 5.92 Å². The Labute approximate surface area is 152 Å². The quantitative estimate of drug-likeness (QED) is 0.883. The van der Waals surface area contributed by atoms with Crippen LogP contribution in [0.5, 0.6) is 0 Å². The van der Waals surface area contributed by atoms with Crippen molar-refractivity contribution < 1.29 is 9.18 Å². The van der Waals surface area contributed by atoms with Crippen molar-refractivity contribution in [2.75, 3.05) is 19.6 Å². The van der Waals surface area contributed by atoms with E-state index < -0.39 is 11.4 Å². The van der Waals surface area contributed by atoms with Crippen LogP contribution < -0.4 is 10.9 Å². The lowest BCUT2D eigenvalue weighted by Crippen LogP contribution is -2.46. The summed E-state index contributed by atoms with van der Waals surface area (Å²) in [5.74, 6) is -0.0560. The van der Waals surface area contributed by atoms with Crippen LogP contribution in [0.15, 0.2) is 29.3 Å². The second kappa shape index (κ2) is 7.95. The number of fused-ring (bicyclic) bond motifs is 1. The number of aromatic nitrogens is 2. The fourth-order valence-corrected chi connectivity index (χ4v) is 3.60. The van der Waals surface area contributed by atoms with Crippen LogP contribution in [0, 0.1) is 11.7 Å². The minimum Gasteiger partial charge on any atom is -0.351 e. The Morgan fingerprint density at radius 3 is 3.04 bits per heavy atom. The summed E-state index contributed by atoms with van der Waals surface area (Å²) in [6.07, 6.45) is 3.78. The molecule has 1 N–H and O–H groups in total. The van der Waals surface area contributed by atoms with Gasteiger partial charge in [0, 0.05) is 19.1 Å². The molecule has 1 aromatic heterocycles. The van der Waals surface area contributed by atoms with Gasteiger partial charge in [0.25, 0.3) is 5.56 Å². The smallest absolute Gasteiger partial charge is 0.261 e. The van der Waals surface area contributed by atoms with Gasteiger partial charge in [-0.3, -0.25) is 14.2 Å². The molecule has 0 spiro atoms. The third-order valence-corrected chi connectivity index (χ3v) is 4.78. The highest BCUT2D eigenvalue weighted by molar-refractivity contribution is 5.79. The van der Waals surface area contributed by atoms with Crippen molar-refractivity contribution in [3.8, 4) is 0 Å². The Kier molecular flexibility index (Phi) is 5.66. The van der Waals surface area contributed by atoms with Gasteiger partial charge in [-0.25, -0.2) is 9.37 Å². The van der Waals surface area contributed by atoms with Crippen LogP contribution in [-0.2, 0) is 11.3 Å². The highest BCUT2D eigenvalue weighted by atomic mass is 19.1. The van der Waals surface area contributed by atoms with Crippen LogP contribution >= 0.6 is 0 Å². The molecule has 2 atom stereocenters. The van der Waals surface area contributed by atoms with E-state index >= 15 is 0 Å². The van der Waals surface area contributed by atoms with Crippen LogP contribution in [0.4, 0.5) is 4.39 Å². The van der Waals surface area contributed by atoms with Crippen LogP contribution in [0.1, 0.15) is 26.7 Å². The summed E-state index contributed by atoms with van der Waals surface area (Å²) >= 11 is 0. The van der Waals surface area contributed by atoms with Gasteiger partial charge >= 0.3 is 0 Å². The number of hydrogen-bond donors (Lipinski definition) is 1. The van der Waals surface area contributed by atoms with Gasteiger partial charge in [-0.15, -0.1) is 0 Å². The Balaban J connectivity index is 1.61. The topological polar surface area (TPSA) is 67.2 Å². The molecule has 1 aliphatic heterocycles. The second-order valence-corrected chi connectivity index (χ2v) is 7.31. The van der Waals surface area contributed by atoms with E-state index in [0.717, 1.165) is 25.7 Å². The fraction of sp³-hybridized carbons (Fsp3) is 0.526. The Morgan fingerprint density at radius 2 is 2.27 bits per heavy atom. The van der Waals surface area contributed by atoms with Gasteiger partial charge in [0.2, 0.25) is 5.91 Å². The third kappa shape index (κ3) is 4.46. The van der Waals surface area contributed by atoms with E-state index in [1.165, 1.54) is 35.9 Å². The average molecular weight is 360 g/mol. The lowest BCUT2D eigenvalue weighted by molar-refractivity contribution is -0.122. The van der Waals surface area contributed by atoms with Crippen molar-refractivity contribution in [1.82, 2.24) is 19.8 Å². The van der Waals surface area contributed by atoms with Gasteiger partial charge in [-0.2, -0.15) is 0 Å². The van der Waals surface area contributed by atoms with Crippen molar-refractivity contribution in [3.05, 3.63) is 40.7 Å². The van der Waals surface area contributed by atoms with Crippen LogP contribution in [0.3, 0.4) is 0 Å². The maximum absolute atomic E-state index is 13.4. The zero-order valence-electron chi connectivity index (χ0n) is 15.2. The predicted octanol–water partition coefficient (Wildman–Crippen LogP) is 1.77. The standard InChI is InChI=1S/C19H25FN4O2/c1-13-4-3-7-23(9-13)10-14(2)22-18(25)11-24-12-21-17-6-5-15(20)8-16(17)19(24)26/h5-6,8,12-14H,3-4,7,9-11H2,1-2H3,(H,22,25). The number of amides is 1. The lowest BCUT2D eigenvalue weighted by Gasteiger charge is -2.32. The first kappa shape index (κ1) is 18.5. The van der Waals surface area contributed by atoms with Crippen LogP contribution in [0.25, 0.3) is 10.9 Å². The molecule has 2 unspecified atom stereocenters. The number of benzene rings is 1. The molecule has 6 nitrogen and oxygen atoms in total. The van der Waals surface area contributed by atoms with Gasteiger partial charge in [0.05, 0.1) is 17.2 Å². The van der Waals surface area contributed by atoms with E-state index in [2.05, 4.69) is 22.1 Å². The Bertz CT molecular complexity index is 851. The molecule has 3 rings (SSSR count). The Morgan fingerprint density at radius 1 is 1.46 bits per heavy atom. The molecular formula is C19H25FN4O2. The monoisotopic (exact) mass is 360 g/mol. The highest BCUT2D eigenvalue weighted by Crippen LogP contribution is 2.15.